The lowest BCUT2D eigenvalue weighted by atomic mass is 9.72. The van der Waals surface area contributed by atoms with E-state index in [1.807, 2.05) is 11.0 Å². The molecule has 0 saturated carbocycles. The molecule has 0 bridgehead atoms. The number of amides is 1. The average Bonchev–Trinajstić information content (AvgIpc) is 3.12. The van der Waals surface area contributed by atoms with Crippen LogP contribution in [-0.2, 0) is 19.3 Å². The molecular weight excluding hydrogens is 326 g/mol. The number of fused-ring (bicyclic) bond motifs is 2. The molecular formula is C22H27NOS. The van der Waals surface area contributed by atoms with Gasteiger partial charge in [0, 0.05) is 22.0 Å². The Bertz CT molecular complexity index is 814. The smallest absolute Gasteiger partial charge is 0.259 e. The third-order valence-corrected chi connectivity index (χ3v) is 7.09. The third kappa shape index (κ3) is 2.83. The molecule has 4 rings (SSSR count). The number of hydrogen-bond donors (Lipinski definition) is 0. The Morgan fingerprint density at radius 2 is 1.96 bits per heavy atom. The maximum Gasteiger partial charge on any atom is 0.259 e. The second-order valence-corrected chi connectivity index (χ2v) is 9.68. The number of carbonyl (C=O) groups excluding carboxylic acids is 1. The average molecular weight is 354 g/mol. The monoisotopic (exact) mass is 353 g/mol. The van der Waals surface area contributed by atoms with Gasteiger partial charge in [-0.1, -0.05) is 39.0 Å². The first-order chi connectivity index (χ1) is 11.9. The van der Waals surface area contributed by atoms with E-state index in [4.69, 9.17) is 0 Å². The molecule has 2 unspecified atom stereocenters. The molecule has 2 heterocycles. The second-order valence-electron chi connectivity index (χ2n) is 8.71. The van der Waals surface area contributed by atoms with E-state index in [9.17, 15) is 4.79 Å². The number of rotatable bonds is 1. The number of benzene rings is 1. The highest BCUT2D eigenvalue weighted by atomic mass is 32.1. The SMILES string of the molecule is CC1Cc2ccccc2N1C(=O)c1csc2c1CCC(C(C)(C)C)C2. The summed E-state index contributed by atoms with van der Waals surface area (Å²) in [6, 6.07) is 8.58. The fourth-order valence-electron chi connectivity index (χ4n) is 4.44. The van der Waals surface area contributed by atoms with Gasteiger partial charge in [0.25, 0.3) is 5.91 Å². The summed E-state index contributed by atoms with van der Waals surface area (Å²) in [7, 11) is 0. The van der Waals surface area contributed by atoms with Gasteiger partial charge in [-0.2, -0.15) is 0 Å². The van der Waals surface area contributed by atoms with Crippen molar-refractivity contribution in [2.45, 2.75) is 59.4 Å². The van der Waals surface area contributed by atoms with Crippen molar-refractivity contribution in [3.05, 3.63) is 51.2 Å². The minimum absolute atomic E-state index is 0.198. The van der Waals surface area contributed by atoms with E-state index >= 15 is 0 Å². The fraction of sp³-hybridized carbons (Fsp3) is 0.500. The number of carbonyl (C=O) groups is 1. The zero-order chi connectivity index (χ0) is 17.8. The Balaban J connectivity index is 1.64. The molecule has 1 aliphatic carbocycles. The summed E-state index contributed by atoms with van der Waals surface area (Å²) >= 11 is 1.79. The van der Waals surface area contributed by atoms with E-state index in [0.29, 0.717) is 11.3 Å². The third-order valence-electron chi connectivity index (χ3n) is 6.04. The Morgan fingerprint density at radius 1 is 1.20 bits per heavy atom. The van der Waals surface area contributed by atoms with Crippen molar-refractivity contribution < 1.29 is 4.79 Å². The zero-order valence-corrected chi connectivity index (χ0v) is 16.5. The summed E-state index contributed by atoms with van der Waals surface area (Å²) in [5.74, 6) is 0.914. The number of nitrogens with zero attached hydrogens (tertiary/aromatic N) is 1. The molecule has 0 fully saturated rings. The van der Waals surface area contributed by atoms with Crippen molar-refractivity contribution in [2.24, 2.45) is 11.3 Å². The minimum Gasteiger partial charge on any atom is -0.305 e. The standard InChI is InChI=1S/C22H27NOS/c1-14-11-15-7-5-6-8-19(15)23(14)21(24)18-13-25-20-12-16(22(2,3)4)9-10-17(18)20/h5-8,13-14,16H,9-12H2,1-4H3. The summed E-state index contributed by atoms with van der Waals surface area (Å²) in [6.07, 6.45) is 4.33. The normalized spacial score (nSPS) is 22.6. The molecule has 25 heavy (non-hydrogen) atoms. The molecule has 0 saturated heterocycles. The number of hydrogen-bond acceptors (Lipinski definition) is 2. The Hall–Kier alpha value is -1.61. The highest BCUT2D eigenvalue weighted by Crippen LogP contribution is 2.42. The lowest BCUT2D eigenvalue weighted by molar-refractivity contribution is 0.0980. The fourth-order valence-corrected chi connectivity index (χ4v) is 5.59. The quantitative estimate of drug-likeness (QED) is 0.664. The summed E-state index contributed by atoms with van der Waals surface area (Å²) in [5.41, 5.74) is 5.01. The van der Waals surface area contributed by atoms with Crippen LogP contribution in [0, 0.1) is 11.3 Å². The van der Waals surface area contributed by atoms with Crippen LogP contribution in [-0.4, -0.2) is 11.9 Å². The first-order valence-corrected chi connectivity index (χ1v) is 10.2. The molecule has 2 aliphatic rings. The van der Waals surface area contributed by atoms with E-state index in [0.717, 1.165) is 30.5 Å². The van der Waals surface area contributed by atoms with Crippen LogP contribution in [0.5, 0.6) is 0 Å². The van der Waals surface area contributed by atoms with E-state index in [-0.39, 0.29) is 11.9 Å². The largest absolute Gasteiger partial charge is 0.305 e. The van der Waals surface area contributed by atoms with Crippen LogP contribution in [0.3, 0.4) is 0 Å². The van der Waals surface area contributed by atoms with Crippen molar-refractivity contribution in [3.63, 3.8) is 0 Å². The van der Waals surface area contributed by atoms with Gasteiger partial charge >= 0.3 is 0 Å². The van der Waals surface area contributed by atoms with Gasteiger partial charge < -0.3 is 4.90 Å². The van der Waals surface area contributed by atoms with Gasteiger partial charge in [0.2, 0.25) is 0 Å². The molecule has 2 nitrogen and oxygen atoms in total. The summed E-state index contributed by atoms with van der Waals surface area (Å²) in [6.45, 7) is 9.17. The maximum atomic E-state index is 13.4. The Morgan fingerprint density at radius 3 is 2.72 bits per heavy atom. The first kappa shape index (κ1) is 16.8. The molecule has 132 valence electrons. The molecule has 1 aromatic carbocycles. The van der Waals surface area contributed by atoms with Crippen LogP contribution in [0.1, 0.15) is 60.5 Å². The topological polar surface area (TPSA) is 20.3 Å². The number of para-hydroxylation sites is 1. The number of anilines is 1. The van der Waals surface area contributed by atoms with Crippen LogP contribution in [0.2, 0.25) is 0 Å². The lowest BCUT2D eigenvalue weighted by Gasteiger charge is -2.34. The maximum absolute atomic E-state index is 13.4. The lowest BCUT2D eigenvalue weighted by Crippen LogP contribution is -2.36. The van der Waals surface area contributed by atoms with Crippen LogP contribution in [0.15, 0.2) is 29.6 Å². The Kier molecular flexibility index (Phi) is 4.03. The first-order valence-electron chi connectivity index (χ1n) is 9.37. The van der Waals surface area contributed by atoms with Crippen LogP contribution in [0.4, 0.5) is 5.69 Å². The zero-order valence-electron chi connectivity index (χ0n) is 15.6. The predicted octanol–water partition coefficient (Wildman–Crippen LogP) is 5.49. The predicted molar refractivity (Wildman–Crippen MR) is 106 cm³/mol. The molecule has 1 aromatic heterocycles. The van der Waals surface area contributed by atoms with Crippen molar-refractivity contribution in [1.29, 1.82) is 0 Å². The van der Waals surface area contributed by atoms with Crippen molar-refractivity contribution in [3.8, 4) is 0 Å². The number of thiophene rings is 1. The van der Waals surface area contributed by atoms with Gasteiger partial charge in [-0.15, -0.1) is 11.3 Å². The summed E-state index contributed by atoms with van der Waals surface area (Å²) in [5, 5.41) is 2.12. The van der Waals surface area contributed by atoms with Crippen molar-refractivity contribution >= 4 is 22.9 Å². The second kappa shape index (κ2) is 5.98. The molecule has 0 spiro atoms. The summed E-state index contributed by atoms with van der Waals surface area (Å²) in [4.78, 5) is 16.8. The molecule has 1 aliphatic heterocycles. The molecule has 2 aromatic rings. The van der Waals surface area contributed by atoms with Gasteiger partial charge in [0.05, 0.1) is 5.56 Å². The van der Waals surface area contributed by atoms with Gasteiger partial charge in [-0.3, -0.25) is 4.79 Å². The van der Waals surface area contributed by atoms with E-state index in [1.54, 1.807) is 11.3 Å². The van der Waals surface area contributed by atoms with Crippen molar-refractivity contribution in [1.82, 2.24) is 0 Å². The molecule has 2 atom stereocenters. The molecule has 1 amide bonds. The molecule has 0 N–H and O–H groups in total. The highest BCUT2D eigenvalue weighted by Gasteiger charge is 2.36. The highest BCUT2D eigenvalue weighted by molar-refractivity contribution is 7.10. The van der Waals surface area contributed by atoms with E-state index in [2.05, 4.69) is 51.3 Å². The summed E-state index contributed by atoms with van der Waals surface area (Å²) < 4.78 is 0. The van der Waals surface area contributed by atoms with Crippen LogP contribution < -0.4 is 4.90 Å². The van der Waals surface area contributed by atoms with E-state index < -0.39 is 0 Å². The van der Waals surface area contributed by atoms with Crippen LogP contribution >= 0.6 is 11.3 Å². The minimum atomic E-state index is 0.198. The van der Waals surface area contributed by atoms with Gasteiger partial charge in [-0.05, 0) is 61.1 Å². The van der Waals surface area contributed by atoms with E-state index in [1.165, 1.54) is 22.4 Å². The molecule has 3 heteroatoms. The van der Waals surface area contributed by atoms with Crippen molar-refractivity contribution in [2.75, 3.05) is 4.90 Å². The molecule has 0 radical (unpaired) electrons. The van der Waals surface area contributed by atoms with Gasteiger partial charge in [-0.25, -0.2) is 0 Å². The van der Waals surface area contributed by atoms with Crippen LogP contribution in [0.25, 0.3) is 0 Å². The van der Waals surface area contributed by atoms with Gasteiger partial charge in [0.15, 0.2) is 0 Å². The Labute approximate surface area is 154 Å². The van der Waals surface area contributed by atoms with Gasteiger partial charge in [0.1, 0.15) is 0 Å².